The van der Waals surface area contributed by atoms with Crippen LogP contribution in [-0.4, -0.2) is 22.0 Å². The molecule has 0 saturated heterocycles. The van der Waals surface area contributed by atoms with Crippen molar-refractivity contribution in [2.45, 2.75) is 0 Å². The van der Waals surface area contributed by atoms with E-state index in [0.717, 1.165) is 4.88 Å². The van der Waals surface area contributed by atoms with Gasteiger partial charge < -0.3 is 15.5 Å². The molecule has 0 atom stereocenters. The van der Waals surface area contributed by atoms with Crippen molar-refractivity contribution < 1.29 is 18.4 Å². The smallest absolute Gasteiger partial charge is 0.291 e. The van der Waals surface area contributed by atoms with Gasteiger partial charge in [-0.15, -0.1) is 11.3 Å². The molecule has 2 amide bonds. The lowest BCUT2D eigenvalue weighted by Crippen LogP contribution is -2.13. The first-order valence-corrected chi connectivity index (χ1v) is 8.99. The van der Waals surface area contributed by atoms with Crippen LogP contribution in [0.5, 0.6) is 0 Å². The second-order valence-corrected chi connectivity index (χ2v) is 6.80. The zero-order valence-corrected chi connectivity index (χ0v) is 15.0. The lowest BCUT2D eigenvalue weighted by atomic mass is 10.1. The average Bonchev–Trinajstić information content (AvgIpc) is 3.41. The van der Waals surface area contributed by atoms with Crippen LogP contribution >= 0.6 is 11.3 Å². The van der Waals surface area contributed by atoms with Gasteiger partial charge in [0.1, 0.15) is 5.82 Å². The second-order valence-electron chi connectivity index (χ2n) is 5.82. The lowest BCUT2D eigenvalue weighted by molar-refractivity contribution is 0.0959. The van der Waals surface area contributed by atoms with E-state index in [9.17, 15) is 14.0 Å². The summed E-state index contributed by atoms with van der Waals surface area (Å²) in [6, 6.07) is 9.20. The molecule has 0 bridgehead atoms. The molecule has 3 heterocycles. The second kappa shape index (κ2) is 7.12. The summed E-state index contributed by atoms with van der Waals surface area (Å²) in [5, 5.41) is 12.0. The minimum atomic E-state index is -0.799. The molecule has 4 aromatic rings. The number of thiophene rings is 1. The van der Waals surface area contributed by atoms with Crippen LogP contribution in [-0.2, 0) is 0 Å². The molecule has 0 spiro atoms. The number of amides is 2. The fraction of sp³-hybridized carbons (Fsp3) is 0. The van der Waals surface area contributed by atoms with Gasteiger partial charge in [0.25, 0.3) is 11.8 Å². The Kier molecular flexibility index (Phi) is 4.50. The van der Waals surface area contributed by atoms with Crippen LogP contribution in [0.3, 0.4) is 0 Å². The zero-order valence-electron chi connectivity index (χ0n) is 14.2. The molecule has 0 unspecified atom stereocenters. The summed E-state index contributed by atoms with van der Waals surface area (Å²) in [6.45, 7) is 0. The molecule has 0 aliphatic carbocycles. The highest BCUT2D eigenvalue weighted by molar-refractivity contribution is 7.10. The molecule has 9 heteroatoms. The summed E-state index contributed by atoms with van der Waals surface area (Å²) in [6.07, 6.45) is 3.70. The number of aromatic nitrogens is 2. The molecule has 0 radical (unpaired) electrons. The Labute approximate surface area is 161 Å². The van der Waals surface area contributed by atoms with Gasteiger partial charge in [0, 0.05) is 16.3 Å². The van der Waals surface area contributed by atoms with Crippen LogP contribution in [0.15, 0.2) is 46.2 Å². The van der Waals surface area contributed by atoms with E-state index in [4.69, 9.17) is 10.2 Å². The summed E-state index contributed by atoms with van der Waals surface area (Å²) >= 11 is 1.58. The molecule has 28 heavy (non-hydrogen) atoms. The van der Waals surface area contributed by atoms with Gasteiger partial charge in [-0.05, 0) is 41.8 Å². The maximum atomic E-state index is 14.4. The van der Waals surface area contributed by atoms with Crippen LogP contribution in [0.4, 0.5) is 10.1 Å². The third kappa shape index (κ3) is 3.42. The van der Waals surface area contributed by atoms with Crippen LogP contribution in [0, 0.1) is 5.82 Å². The summed E-state index contributed by atoms with van der Waals surface area (Å²) < 4.78 is 19.4. The first kappa shape index (κ1) is 17.7. The Morgan fingerprint density at radius 3 is 2.75 bits per heavy atom. The lowest BCUT2D eigenvalue weighted by Gasteiger charge is -2.05. The van der Waals surface area contributed by atoms with Crippen molar-refractivity contribution in [3.63, 3.8) is 0 Å². The van der Waals surface area contributed by atoms with Crippen LogP contribution in [0.2, 0.25) is 0 Å². The first-order valence-electron chi connectivity index (χ1n) is 8.11. The number of furan rings is 1. The predicted molar refractivity (Wildman–Crippen MR) is 104 cm³/mol. The van der Waals surface area contributed by atoms with E-state index in [2.05, 4.69) is 15.5 Å². The van der Waals surface area contributed by atoms with E-state index in [1.807, 2.05) is 23.6 Å². The van der Waals surface area contributed by atoms with Gasteiger partial charge in [-0.25, -0.2) is 4.39 Å². The van der Waals surface area contributed by atoms with Crippen LogP contribution in [0.1, 0.15) is 31.7 Å². The summed E-state index contributed by atoms with van der Waals surface area (Å²) in [5.74, 6) is -2.45. The molecular weight excluding hydrogens is 383 g/mol. The van der Waals surface area contributed by atoms with Crippen molar-refractivity contribution in [3.05, 3.63) is 69.7 Å². The highest BCUT2D eigenvalue weighted by Crippen LogP contribution is 2.26. The van der Waals surface area contributed by atoms with E-state index < -0.39 is 17.6 Å². The number of fused-ring (bicyclic) bond motifs is 1. The fourth-order valence-corrected chi connectivity index (χ4v) is 3.22. The molecule has 140 valence electrons. The molecule has 4 N–H and O–H groups in total. The molecule has 7 nitrogen and oxygen atoms in total. The van der Waals surface area contributed by atoms with Crippen LogP contribution < -0.4 is 11.1 Å². The number of nitrogens with two attached hydrogens (primary N) is 1. The van der Waals surface area contributed by atoms with Crippen molar-refractivity contribution in [2.75, 3.05) is 5.32 Å². The molecule has 1 aromatic carbocycles. The number of nitrogens with one attached hydrogen (secondary N) is 2. The van der Waals surface area contributed by atoms with Gasteiger partial charge in [0.05, 0.1) is 16.9 Å². The van der Waals surface area contributed by atoms with Gasteiger partial charge >= 0.3 is 0 Å². The Hall–Kier alpha value is -3.72. The largest absolute Gasteiger partial charge is 0.446 e. The average molecular weight is 396 g/mol. The molecule has 0 fully saturated rings. The Bertz CT molecular complexity index is 1210. The Morgan fingerprint density at radius 2 is 2.04 bits per heavy atom. The number of hydrogen-bond donors (Lipinski definition) is 3. The topological polar surface area (TPSA) is 114 Å². The highest BCUT2D eigenvalue weighted by Gasteiger charge is 2.17. The highest BCUT2D eigenvalue weighted by atomic mass is 32.1. The standard InChI is InChI=1S/C19H13FN4O3S/c20-12-9-14-11(13(23-24-14)4-3-10-2-1-7-28-10)8-15(12)22-19(26)17-6-5-16(27-17)18(21)25/h1-9H,(H2,21,25)(H,22,26)(H,23,24)/b4-3+. The number of carbonyl (C=O) groups excluding carboxylic acids is 2. The zero-order chi connectivity index (χ0) is 19.7. The first-order chi connectivity index (χ1) is 13.5. The molecular formula is C19H13FN4O3S. The number of rotatable bonds is 5. The minimum Gasteiger partial charge on any atom is -0.446 e. The number of aromatic amines is 1. The van der Waals surface area contributed by atoms with Crippen molar-refractivity contribution in [1.29, 1.82) is 0 Å². The molecule has 0 aliphatic heterocycles. The summed E-state index contributed by atoms with van der Waals surface area (Å²) in [4.78, 5) is 24.4. The van der Waals surface area contributed by atoms with Crippen LogP contribution in [0.25, 0.3) is 23.1 Å². The van der Waals surface area contributed by atoms with E-state index in [0.29, 0.717) is 16.6 Å². The molecule has 4 rings (SSSR count). The summed E-state index contributed by atoms with van der Waals surface area (Å²) in [5.41, 5.74) is 6.15. The number of halogens is 1. The van der Waals surface area contributed by atoms with E-state index >= 15 is 0 Å². The number of hydrogen-bond acceptors (Lipinski definition) is 5. The van der Waals surface area contributed by atoms with Crippen molar-refractivity contribution in [2.24, 2.45) is 5.73 Å². The number of primary amides is 1. The normalized spacial score (nSPS) is 11.3. The van der Waals surface area contributed by atoms with Gasteiger partial charge in [-0.1, -0.05) is 6.07 Å². The van der Waals surface area contributed by atoms with Gasteiger partial charge in [0.15, 0.2) is 11.5 Å². The predicted octanol–water partition coefficient (Wildman–Crippen LogP) is 3.88. The van der Waals surface area contributed by atoms with E-state index in [-0.39, 0.29) is 17.2 Å². The van der Waals surface area contributed by atoms with Crippen molar-refractivity contribution in [1.82, 2.24) is 10.2 Å². The van der Waals surface area contributed by atoms with Gasteiger partial charge in [-0.3, -0.25) is 14.7 Å². The third-order valence-electron chi connectivity index (χ3n) is 3.95. The monoisotopic (exact) mass is 396 g/mol. The quantitative estimate of drug-likeness (QED) is 0.475. The maximum absolute atomic E-state index is 14.4. The number of nitrogens with zero attached hydrogens (tertiary/aromatic N) is 1. The molecule has 0 aliphatic rings. The van der Waals surface area contributed by atoms with E-state index in [1.165, 1.54) is 24.3 Å². The minimum absolute atomic E-state index is 0.0401. The maximum Gasteiger partial charge on any atom is 0.291 e. The fourth-order valence-electron chi connectivity index (χ4n) is 2.60. The number of H-pyrrole nitrogens is 1. The van der Waals surface area contributed by atoms with E-state index in [1.54, 1.807) is 17.4 Å². The Balaban J connectivity index is 1.63. The molecule has 3 aromatic heterocycles. The summed E-state index contributed by atoms with van der Waals surface area (Å²) in [7, 11) is 0. The Morgan fingerprint density at radius 1 is 1.21 bits per heavy atom. The third-order valence-corrected chi connectivity index (χ3v) is 4.79. The number of carbonyl (C=O) groups is 2. The number of benzene rings is 1. The molecule has 0 saturated carbocycles. The van der Waals surface area contributed by atoms with Crippen molar-refractivity contribution >= 4 is 51.9 Å². The van der Waals surface area contributed by atoms with Gasteiger partial charge in [0.2, 0.25) is 0 Å². The number of anilines is 1. The van der Waals surface area contributed by atoms with Gasteiger partial charge in [-0.2, -0.15) is 5.10 Å². The van der Waals surface area contributed by atoms with Crippen molar-refractivity contribution in [3.8, 4) is 0 Å². The SMILES string of the molecule is NC(=O)c1ccc(C(=O)Nc2cc3c(/C=C/c4cccs4)n[nH]c3cc2F)o1.